The van der Waals surface area contributed by atoms with Gasteiger partial charge in [0.25, 0.3) is 0 Å². The highest BCUT2D eigenvalue weighted by molar-refractivity contribution is 5.72. The lowest BCUT2D eigenvalue weighted by molar-refractivity contribution is -0.306. The molecule has 36 heavy (non-hydrogen) atoms. The van der Waals surface area contributed by atoms with Crippen molar-refractivity contribution in [3.05, 3.63) is 0 Å². The lowest BCUT2D eigenvalue weighted by Crippen LogP contribution is -2.38. The second kappa shape index (κ2) is 37.1. The Labute approximate surface area is 217 Å². The summed E-state index contributed by atoms with van der Waals surface area (Å²) in [6.07, 6.45) is 0.217. The first-order valence-corrected chi connectivity index (χ1v) is 12.0. The highest BCUT2D eigenvalue weighted by Gasteiger charge is 1.94. The Kier molecular flexibility index (Phi) is 41.9. The van der Waals surface area contributed by atoms with Crippen LogP contribution in [0.2, 0.25) is 0 Å². The van der Waals surface area contributed by atoms with E-state index in [2.05, 4.69) is 10.6 Å². The second-order valence-corrected chi connectivity index (χ2v) is 6.46. The van der Waals surface area contributed by atoms with Crippen LogP contribution in [0, 0.1) is 0 Å². The molecule has 0 saturated carbocycles. The maximum Gasteiger partial charge on any atom is 1.00 e. The molecule has 0 aromatic carbocycles. The van der Waals surface area contributed by atoms with E-state index in [4.69, 9.17) is 24.1 Å². The molecule has 216 valence electrons. The number of carboxylic acids is 2. The average Bonchev–Trinajstić information content (AvgIpc) is 2.81. The summed E-state index contributed by atoms with van der Waals surface area (Å²) in [7, 11) is 0. The van der Waals surface area contributed by atoms with E-state index in [9.17, 15) is 29.4 Å². The van der Waals surface area contributed by atoms with Gasteiger partial charge in [0.1, 0.15) is 6.09 Å². The average molecular weight is 529 g/mol. The number of carboxylic acid groups (broad SMARTS) is 3. The van der Waals surface area contributed by atoms with Crippen molar-refractivity contribution in [3.8, 4) is 0 Å². The smallest absolute Gasteiger partial charge is 0.550 e. The van der Waals surface area contributed by atoms with Crippen molar-refractivity contribution in [1.29, 1.82) is 0 Å². The minimum Gasteiger partial charge on any atom is -0.550 e. The Bertz CT molecular complexity index is 430. The molecule has 0 heterocycles. The lowest BCUT2D eigenvalue weighted by atomic mass is 10.3. The molecule has 0 aliphatic rings. The molecular weight excluding hydrogens is 480 g/mol. The molecule has 0 unspecified atom stereocenters. The van der Waals surface area contributed by atoms with Crippen LogP contribution in [0.1, 0.15) is 63.2 Å². The Morgan fingerprint density at radius 1 is 0.694 bits per heavy atom. The number of ether oxygens (including phenoxy) is 4. The summed E-state index contributed by atoms with van der Waals surface area (Å²) in [5.41, 5.74) is 0. The molecule has 0 atom stereocenters. The number of rotatable bonds is 18. The van der Waals surface area contributed by atoms with Crippen LogP contribution in [0.15, 0.2) is 0 Å². The summed E-state index contributed by atoms with van der Waals surface area (Å²) in [4.78, 5) is 39.6. The fourth-order valence-electron chi connectivity index (χ4n) is 1.75. The maximum atomic E-state index is 10.2. The van der Waals surface area contributed by atoms with E-state index in [1.165, 1.54) is 6.92 Å². The van der Waals surface area contributed by atoms with Gasteiger partial charge >= 0.3 is 8.82 Å². The van der Waals surface area contributed by atoms with Crippen LogP contribution in [-0.2, 0) is 33.3 Å². The molecule has 0 aromatic rings. The van der Waals surface area contributed by atoms with Crippen molar-refractivity contribution in [2.45, 2.75) is 60.3 Å². The van der Waals surface area contributed by atoms with E-state index >= 15 is 0 Å². The minimum absolute atomic E-state index is 0. The molecule has 0 aromatic heterocycles. The van der Waals surface area contributed by atoms with Gasteiger partial charge in [-0.05, 0) is 47.0 Å². The van der Waals surface area contributed by atoms with E-state index < -0.39 is 18.0 Å². The highest BCUT2D eigenvalue weighted by Crippen LogP contribution is 1.88. The van der Waals surface area contributed by atoms with Crippen LogP contribution in [0.5, 0.6) is 0 Å². The molecule has 0 fully saturated rings. The SMILES string of the molecule is CCOCCCC(=O)O.CCOCCCC(=O)[O-].CCOCCNC(=O)[O-].CCOCCNC(C)=O.[H+].[H+]. The first-order chi connectivity index (χ1) is 17.1. The zero-order valence-corrected chi connectivity index (χ0v) is 22.4. The predicted octanol–water partition coefficient (Wildman–Crippen LogP) is -0.219. The lowest BCUT2D eigenvalue weighted by Gasteiger charge is -2.04. The number of amides is 2. The Balaban J connectivity index is -0.0000000883. The van der Waals surface area contributed by atoms with E-state index in [-0.39, 0.29) is 21.6 Å². The van der Waals surface area contributed by atoms with Gasteiger partial charge in [0.15, 0.2) is 0 Å². The van der Waals surface area contributed by atoms with Gasteiger partial charge in [-0.2, -0.15) is 0 Å². The first kappa shape index (κ1) is 40.7. The first-order valence-electron chi connectivity index (χ1n) is 12.0. The van der Waals surface area contributed by atoms with Gasteiger partial charge in [-0.15, -0.1) is 0 Å². The van der Waals surface area contributed by atoms with Crippen LogP contribution >= 0.6 is 0 Å². The summed E-state index contributed by atoms with van der Waals surface area (Å²) in [5, 5.41) is 32.3. The zero-order chi connectivity index (χ0) is 28.5. The predicted molar refractivity (Wildman–Crippen MR) is 131 cm³/mol. The second-order valence-electron chi connectivity index (χ2n) is 6.46. The van der Waals surface area contributed by atoms with Gasteiger partial charge in [0, 0.05) is 72.0 Å². The minimum atomic E-state index is -1.25. The molecule has 0 bridgehead atoms. The molecule has 13 nitrogen and oxygen atoms in total. The highest BCUT2D eigenvalue weighted by atomic mass is 16.5. The van der Waals surface area contributed by atoms with Crippen molar-refractivity contribution in [3.63, 3.8) is 0 Å². The van der Waals surface area contributed by atoms with Crippen molar-refractivity contribution in [1.82, 2.24) is 10.6 Å². The van der Waals surface area contributed by atoms with Crippen LogP contribution < -0.4 is 20.8 Å². The fraction of sp³-hybridized carbons (Fsp3) is 0.826. The van der Waals surface area contributed by atoms with Crippen molar-refractivity contribution in [2.75, 3.05) is 65.9 Å². The molecule has 3 N–H and O–H groups in total. The maximum absolute atomic E-state index is 10.2. The van der Waals surface area contributed by atoms with Crippen LogP contribution in [0.4, 0.5) is 4.79 Å². The van der Waals surface area contributed by atoms with Gasteiger partial charge in [-0.1, -0.05) is 0 Å². The van der Waals surface area contributed by atoms with E-state index in [0.29, 0.717) is 78.8 Å². The third-order valence-electron chi connectivity index (χ3n) is 3.30. The summed E-state index contributed by atoms with van der Waals surface area (Å²) in [6, 6.07) is 0. The quantitative estimate of drug-likeness (QED) is 0.199. The van der Waals surface area contributed by atoms with Gasteiger partial charge in [-0.25, -0.2) is 0 Å². The largest absolute Gasteiger partial charge is 1.00 e. The van der Waals surface area contributed by atoms with Gasteiger partial charge in [0.05, 0.1) is 13.2 Å². The van der Waals surface area contributed by atoms with Gasteiger partial charge < -0.3 is 54.5 Å². The Morgan fingerprint density at radius 2 is 1.08 bits per heavy atom. The summed E-state index contributed by atoms with van der Waals surface area (Å²) in [5.74, 6) is -1.76. The number of nitrogens with one attached hydrogen (secondary N) is 2. The van der Waals surface area contributed by atoms with Crippen LogP contribution in [-0.4, -0.2) is 95.0 Å². The summed E-state index contributed by atoms with van der Waals surface area (Å²) >= 11 is 0. The molecule has 0 aliphatic heterocycles. The van der Waals surface area contributed by atoms with Gasteiger partial charge in [-0.3, -0.25) is 9.59 Å². The number of carbonyl (C=O) groups is 4. The Morgan fingerprint density at radius 3 is 1.42 bits per heavy atom. The molecule has 0 rings (SSSR count). The molecule has 0 spiro atoms. The van der Waals surface area contributed by atoms with Crippen LogP contribution in [0.3, 0.4) is 0 Å². The third kappa shape index (κ3) is 63.4. The van der Waals surface area contributed by atoms with Crippen molar-refractivity contribution in [2.24, 2.45) is 0 Å². The summed E-state index contributed by atoms with van der Waals surface area (Å²) in [6.45, 7) is 14.7. The monoisotopic (exact) mass is 528 g/mol. The molecular formula is C23H48N2O11. The molecule has 0 radical (unpaired) electrons. The third-order valence-corrected chi connectivity index (χ3v) is 3.30. The van der Waals surface area contributed by atoms with Crippen molar-refractivity contribution >= 4 is 23.9 Å². The van der Waals surface area contributed by atoms with E-state index in [1.807, 2.05) is 27.7 Å². The van der Waals surface area contributed by atoms with E-state index in [0.717, 1.165) is 0 Å². The molecule has 0 saturated heterocycles. The molecule has 13 heteroatoms. The molecule has 0 aliphatic carbocycles. The fourth-order valence-corrected chi connectivity index (χ4v) is 1.75. The van der Waals surface area contributed by atoms with Crippen LogP contribution in [0.25, 0.3) is 0 Å². The zero-order valence-electron chi connectivity index (χ0n) is 24.4. The number of hydrogen-bond donors (Lipinski definition) is 3. The van der Waals surface area contributed by atoms with E-state index in [1.54, 1.807) is 0 Å². The Hall–Kier alpha value is -2.48. The van der Waals surface area contributed by atoms with Crippen molar-refractivity contribution < 1.29 is 56.3 Å². The molecule has 2 amide bonds. The standard InChI is InChI=1S/C6H13NO2.2C6H12O3.C5H11NO3/c1-3-9-5-4-7-6(2)8;2*1-2-9-5-3-4-6(7)8;1-2-9-4-3-6-5(7)8/h3-5H2,1-2H3,(H,7,8);2*2-5H2,1H3,(H,7,8);6H,2-4H2,1H3,(H,7,8). The number of aliphatic carboxylic acids is 2. The topological polar surface area (TPSA) is 196 Å². The number of carbonyl (C=O) groups excluding carboxylic acids is 3. The summed E-state index contributed by atoms with van der Waals surface area (Å²) < 4.78 is 19.6. The normalized spacial score (nSPS) is 9.25. The number of hydrogen-bond acceptors (Lipinski definition) is 10. The van der Waals surface area contributed by atoms with Gasteiger partial charge in [0.2, 0.25) is 5.91 Å².